The first-order chi connectivity index (χ1) is 13.4. The summed E-state index contributed by atoms with van der Waals surface area (Å²) in [5.74, 6) is -0.719. The molecule has 0 saturated heterocycles. The zero-order valence-electron chi connectivity index (χ0n) is 14.9. The Kier molecular flexibility index (Phi) is 8.10. The van der Waals surface area contributed by atoms with Gasteiger partial charge in [-0.3, -0.25) is 4.79 Å². The van der Waals surface area contributed by atoms with Crippen LogP contribution >= 0.6 is 23.2 Å². The second kappa shape index (κ2) is 10.5. The standard InChI is InChI=1S/C19H18Cl2N2O5/c1-2-7-27-19(26)12-3-5-15(6-4-12)28-11-17(24)23-22-10-13-8-14(20)9-16(21)18(13)25/h3-6,8-10,25H,2,7,11H2,1H3,(H,23,24)/b22-10+. The minimum Gasteiger partial charge on any atom is -0.506 e. The first-order valence-electron chi connectivity index (χ1n) is 8.30. The topological polar surface area (TPSA) is 97.2 Å². The molecule has 148 valence electrons. The summed E-state index contributed by atoms with van der Waals surface area (Å²) in [5, 5.41) is 13.9. The molecular weight excluding hydrogens is 407 g/mol. The van der Waals surface area contributed by atoms with Crippen LogP contribution in [0.25, 0.3) is 0 Å². The highest BCUT2D eigenvalue weighted by atomic mass is 35.5. The van der Waals surface area contributed by atoms with Gasteiger partial charge >= 0.3 is 5.97 Å². The fraction of sp³-hybridized carbons (Fsp3) is 0.211. The Bertz CT molecular complexity index is 869. The van der Waals surface area contributed by atoms with Crippen molar-refractivity contribution in [2.75, 3.05) is 13.2 Å². The van der Waals surface area contributed by atoms with Gasteiger partial charge in [-0.05, 0) is 42.8 Å². The van der Waals surface area contributed by atoms with Crippen molar-refractivity contribution in [2.45, 2.75) is 13.3 Å². The highest BCUT2D eigenvalue weighted by Crippen LogP contribution is 2.29. The van der Waals surface area contributed by atoms with Crippen molar-refractivity contribution in [3.63, 3.8) is 0 Å². The van der Waals surface area contributed by atoms with Gasteiger partial charge in [0.05, 0.1) is 23.4 Å². The molecule has 2 N–H and O–H groups in total. The van der Waals surface area contributed by atoms with Crippen molar-refractivity contribution in [3.8, 4) is 11.5 Å². The minimum absolute atomic E-state index is 0.0747. The van der Waals surface area contributed by atoms with E-state index in [4.69, 9.17) is 32.7 Å². The van der Waals surface area contributed by atoms with Gasteiger partial charge in [0.2, 0.25) is 0 Å². The van der Waals surface area contributed by atoms with Crippen LogP contribution in [0.1, 0.15) is 29.3 Å². The number of amides is 1. The number of rotatable bonds is 8. The van der Waals surface area contributed by atoms with Crippen LogP contribution in [0.5, 0.6) is 11.5 Å². The van der Waals surface area contributed by atoms with Crippen molar-refractivity contribution in [3.05, 3.63) is 57.6 Å². The lowest BCUT2D eigenvalue weighted by atomic mass is 10.2. The zero-order chi connectivity index (χ0) is 20.5. The van der Waals surface area contributed by atoms with Gasteiger partial charge in [-0.2, -0.15) is 5.10 Å². The molecule has 2 aromatic rings. The van der Waals surface area contributed by atoms with E-state index < -0.39 is 11.9 Å². The molecule has 0 atom stereocenters. The Morgan fingerprint density at radius 1 is 1.21 bits per heavy atom. The molecule has 0 saturated carbocycles. The Balaban J connectivity index is 1.83. The number of benzene rings is 2. The average molecular weight is 425 g/mol. The van der Waals surface area contributed by atoms with E-state index in [9.17, 15) is 14.7 Å². The lowest BCUT2D eigenvalue weighted by Crippen LogP contribution is -2.24. The number of carbonyl (C=O) groups is 2. The highest BCUT2D eigenvalue weighted by molar-refractivity contribution is 6.36. The molecule has 0 spiro atoms. The number of nitrogens with zero attached hydrogens (tertiary/aromatic N) is 1. The number of hydrogen-bond donors (Lipinski definition) is 2. The molecule has 0 aliphatic heterocycles. The predicted octanol–water partition coefficient (Wildman–Crippen LogP) is 3.79. The summed E-state index contributed by atoms with van der Waals surface area (Å²) in [6.07, 6.45) is 1.95. The van der Waals surface area contributed by atoms with E-state index >= 15 is 0 Å². The minimum atomic E-state index is -0.518. The van der Waals surface area contributed by atoms with Crippen LogP contribution in [-0.4, -0.2) is 36.4 Å². The summed E-state index contributed by atoms with van der Waals surface area (Å²) in [7, 11) is 0. The summed E-state index contributed by atoms with van der Waals surface area (Å²) in [6.45, 7) is 1.97. The first kappa shape index (κ1) is 21.5. The predicted molar refractivity (Wildman–Crippen MR) is 106 cm³/mol. The Morgan fingerprint density at radius 2 is 1.93 bits per heavy atom. The molecule has 28 heavy (non-hydrogen) atoms. The number of hydrazone groups is 1. The largest absolute Gasteiger partial charge is 0.506 e. The van der Waals surface area contributed by atoms with Gasteiger partial charge in [0.25, 0.3) is 5.91 Å². The monoisotopic (exact) mass is 424 g/mol. The lowest BCUT2D eigenvalue weighted by molar-refractivity contribution is -0.123. The van der Waals surface area contributed by atoms with E-state index in [1.165, 1.54) is 18.3 Å². The summed E-state index contributed by atoms with van der Waals surface area (Å²) >= 11 is 11.6. The van der Waals surface area contributed by atoms with Crippen molar-refractivity contribution in [1.29, 1.82) is 0 Å². The molecule has 0 aromatic heterocycles. The van der Waals surface area contributed by atoms with E-state index in [0.717, 1.165) is 6.42 Å². The summed E-state index contributed by atoms with van der Waals surface area (Å²) in [5.41, 5.74) is 2.91. The van der Waals surface area contributed by atoms with E-state index in [1.807, 2.05) is 6.92 Å². The summed E-state index contributed by atoms with van der Waals surface area (Å²) in [6, 6.07) is 9.05. The second-order valence-electron chi connectivity index (χ2n) is 5.57. The third-order valence-corrected chi connectivity index (χ3v) is 3.85. The molecule has 0 heterocycles. The molecule has 0 aliphatic carbocycles. The Hall–Kier alpha value is -2.77. The zero-order valence-corrected chi connectivity index (χ0v) is 16.5. The van der Waals surface area contributed by atoms with Crippen LogP contribution in [0, 0.1) is 0 Å². The van der Waals surface area contributed by atoms with Crippen molar-refractivity contribution < 1.29 is 24.2 Å². The Morgan fingerprint density at radius 3 is 2.61 bits per heavy atom. The number of nitrogens with one attached hydrogen (secondary N) is 1. The number of aromatic hydroxyl groups is 1. The van der Waals surface area contributed by atoms with E-state index in [0.29, 0.717) is 22.9 Å². The molecule has 0 aliphatic rings. The average Bonchev–Trinajstić information content (AvgIpc) is 2.68. The van der Waals surface area contributed by atoms with Gasteiger partial charge in [0, 0.05) is 10.6 Å². The normalized spacial score (nSPS) is 10.7. The molecule has 2 aromatic carbocycles. The van der Waals surface area contributed by atoms with Gasteiger partial charge < -0.3 is 14.6 Å². The van der Waals surface area contributed by atoms with Crippen molar-refractivity contribution >= 4 is 41.3 Å². The maximum atomic E-state index is 11.8. The van der Waals surface area contributed by atoms with Crippen LogP contribution in [0.3, 0.4) is 0 Å². The maximum Gasteiger partial charge on any atom is 0.338 e. The number of phenols is 1. The van der Waals surface area contributed by atoms with E-state index in [2.05, 4.69) is 10.5 Å². The lowest BCUT2D eigenvalue weighted by Gasteiger charge is -2.07. The number of ether oxygens (including phenoxy) is 2. The highest BCUT2D eigenvalue weighted by Gasteiger charge is 2.08. The van der Waals surface area contributed by atoms with E-state index in [-0.39, 0.29) is 22.9 Å². The third-order valence-electron chi connectivity index (χ3n) is 3.35. The van der Waals surface area contributed by atoms with Gasteiger partial charge in [0.15, 0.2) is 6.61 Å². The molecule has 0 radical (unpaired) electrons. The number of esters is 1. The molecule has 0 unspecified atom stereocenters. The molecule has 0 bridgehead atoms. The molecule has 9 heteroatoms. The van der Waals surface area contributed by atoms with Crippen LogP contribution in [0.15, 0.2) is 41.5 Å². The van der Waals surface area contributed by atoms with Gasteiger partial charge in [0.1, 0.15) is 11.5 Å². The second-order valence-corrected chi connectivity index (χ2v) is 6.41. The molecule has 0 fully saturated rings. The summed E-state index contributed by atoms with van der Waals surface area (Å²) in [4.78, 5) is 23.5. The SMILES string of the molecule is CCCOC(=O)c1ccc(OCC(=O)N/N=C/c2cc(Cl)cc(Cl)c2O)cc1. The summed E-state index contributed by atoms with van der Waals surface area (Å²) < 4.78 is 10.3. The maximum absolute atomic E-state index is 11.8. The smallest absolute Gasteiger partial charge is 0.338 e. The molecule has 1 amide bonds. The number of carbonyl (C=O) groups excluding carboxylic acids is 2. The van der Waals surface area contributed by atoms with Crippen molar-refractivity contribution in [1.82, 2.24) is 5.43 Å². The van der Waals surface area contributed by atoms with Crippen LogP contribution < -0.4 is 10.2 Å². The fourth-order valence-electron chi connectivity index (χ4n) is 2.00. The quantitative estimate of drug-likeness (QED) is 0.381. The number of phenolic OH excluding ortho intramolecular Hbond substituents is 1. The first-order valence-corrected chi connectivity index (χ1v) is 9.06. The van der Waals surface area contributed by atoms with Crippen LogP contribution in [0.4, 0.5) is 0 Å². The number of hydrogen-bond acceptors (Lipinski definition) is 6. The van der Waals surface area contributed by atoms with Crippen LogP contribution in [-0.2, 0) is 9.53 Å². The van der Waals surface area contributed by atoms with Gasteiger partial charge in [-0.25, -0.2) is 10.2 Å². The molecule has 7 nitrogen and oxygen atoms in total. The van der Waals surface area contributed by atoms with E-state index in [1.54, 1.807) is 24.3 Å². The van der Waals surface area contributed by atoms with Gasteiger partial charge in [-0.15, -0.1) is 0 Å². The van der Waals surface area contributed by atoms with Crippen LogP contribution in [0.2, 0.25) is 10.0 Å². The fourth-order valence-corrected chi connectivity index (χ4v) is 2.51. The number of halogens is 2. The molecule has 2 rings (SSSR count). The Labute approximate surface area is 171 Å². The van der Waals surface area contributed by atoms with Gasteiger partial charge in [-0.1, -0.05) is 30.1 Å². The molecular formula is C19H18Cl2N2O5. The van der Waals surface area contributed by atoms with Crippen molar-refractivity contribution in [2.24, 2.45) is 5.10 Å². The third kappa shape index (κ3) is 6.44.